The third-order valence-corrected chi connectivity index (χ3v) is 3.31. The number of hydrogen-bond donors (Lipinski definition) is 2. The highest BCUT2D eigenvalue weighted by Crippen LogP contribution is 2.27. The van der Waals surface area contributed by atoms with Crippen molar-refractivity contribution >= 4 is 17.7 Å². The lowest BCUT2D eigenvalue weighted by Crippen LogP contribution is -2.16. The van der Waals surface area contributed by atoms with Crippen LogP contribution in [0.3, 0.4) is 0 Å². The molecule has 0 aliphatic rings. The topological polar surface area (TPSA) is 70.4 Å². The van der Waals surface area contributed by atoms with Crippen LogP contribution in [0.15, 0.2) is 23.2 Å². The van der Waals surface area contributed by atoms with Gasteiger partial charge in [-0.25, -0.2) is 9.78 Å². The van der Waals surface area contributed by atoms with E-state index in [0.29, 0.717) is 4.90 Å². The summed E-state index contributed by atoms with van der Waals surface area (Å²) >= 11 is 1.31. The highest BCUT2D eigenvalue weighted by atomic mass is 32.2. The van der Waals surface area contributed by atoms with Gasteiger partial charge in [0.05, 0.1) is 6.10 Å². The molecule has 2 N–H and O–H groups in total. The maximum absolute atomic E-state index is 10.8. The number of carboxylic acid groups (broad SMARTS) is 1. The summed E-state index contributed by atoms with van der Waals surface area (Å²) in [4.78, 5) is 15.2. The molecule has 0 bridgehead atoms. The summed E-state index contributed by atoms with van der Waals surface area (Å²) < 4.78 is 0. The van der Waals surface area contributed by atoms with Crippen LogP contribution in [0.5, 0.6) is 0 Å². The Bertz CT molecular complexity index is 354. The van der Waals surface area contributed by atoms with Gasteiger partial charge in [0.1, 0.15) is 0 Å². The Morgan fingerprint density at radius 1 is 1.53 bits per heavy atom. The van der Waals surface area contributed by atoms with Crippen molar-refractivity contribution in [1.82, 2.24) is 4.98 Å². The molecule has 1 rings (SSSR count). The lowest BCUT2D eigenvalue weighted by atomic mass is 10.3. The Labute approximate surface area is 92.3 Å². The average Bonchev–Trinajstić information content (AvgIpc) is 2.18. The standard InChI is InChI=1S/C10H13NO3S/c1-6(12)7(2)15-8-4-3-5-11-9(8)10(13)14/h3-7,12H,1-2H3,(H,13,14). The van der Waals surface area contributed by atoms with Crippen LogP contribution in [0, 0.1) is 0 Å². The lowest BCUT2D eigenvalue weighted by molar-refractivity contribution is 0.0686. The minimum atomic E-state index is -1.05. The minimum Gasteiger partial charge on any atom is -0.476 e. The molecule has 4 nitrogen and oxygen atoms in total. The molecule has 0 saturated heterocycles. The zero-order valence-corrected chi connectivity index (χ0v) is 9.36. The number of aromatic carboxylic acids is 1. The molecule has 0 aliphatic heterocycles. The first-order chi connectivity index (χ1) is 7.02. The number of carbonyl (C=O) groups is 1. The second-order valence-electron chi connectivity index (χ2n) is 3.22. The number of rotatable bonds is 4. The van der Waals surface area contributed by atoms with E-state index in [1.807, 2.05) is 6.92 Å². The van der Waals surface area contributed by atoms with Gasteiger partial charge in [-0.05, 0) is 19.1 Å². The highest BCUT2D eigenvalue weighted by Gasteiger charge is 2.16. The summed E-state index contributed by atoms with van der Waals surface area (Å²) in [7, 11) is 0. The zero-order chi connectivity index (χ0) is 11.4. The van der Waals surface area contributed by atoms with Gasteiger partial charge in [-0.2, -0.15) is 0 Å². The summed E-state index contributed by atoms with van der Waals surface area (Å²) in [5, 5.41) is 18.1. The SMILES string of the molecule is CC(O)C(C)Sc1cccnc1C(=O)O. The molecule has 0 fully saturated rings. The van der Waals surface area contributed by atoms with Crippen molar-refractivity contribution in [2.45, 2.75) is 30.1 Å². The van der Waals surface area contributed by atoms with Crippen LogP contribution >= 0.6 is 11.8 Å². The zero-order valence-electron chi connectivity index (χ0n) is 8.54. The lowest BCUT2D eigenvalue weighted by Gasteiger charge is -2.14. The van der Waals surface area contributed by atoms with Gasteiger partial charge in [0.25, 0.3) is 0 Å². The molecule has 0 amide bonds. The number of nitrogens with zero attached hydrogens (tertiary/aromatic N) is 1. The number of aliphatic hydroxyl groups is 1. The molecule has 15 heavy (non-hydrogen) atoms. The maximum Gasteiger partial charge on any atom is 0.355 e. The minimum absolute atomic E-state index is 0.0370. The van der Waals surface area contributed by atoms with E-state index in [1.165, 1.54) is 18.0 Å². The van der Waals surface area contributed by atoms with Crippen LogP contribution in [0.4, 0.5) is 0 Å². The van der Waals surface area contributed by atoms with Gasteiger partial charge in [0.2, 0.25) is 0 Å². The molecule has 0 aromatic carbocycles. The van der Waals surface area contributed by atoms with Crippen molar-refractivity contribution in [2.75, 3.05) is 0 Å². The van der Waals surface area contributed by atoms with Crippen LogP contribution in [0.1, 0.15) is 24.3 Å². The molecule has 0 aliphatic carbocycles. The van der Waals surface area contributed by atoms with E-state index in [9.17, 15) is 9.90 Å². The van der Waals surface area contributed by atoms with Gasteiger partial charge in [-0.15, -0.1) is 11.8 Å². The first-order valence-electron chi connectivity index (χ1n) is 4.55. The maximum atomic E-state index is 10.8. The molecule has 1 aromatic heterocycles. The Kier molecular flexibility index (Phi) is 4.11. The fourth-order valence-electron chi connectivity index (χ4n) is 0.945. The van der Waals surface area contributed by atoms with E-state index in [-0.39, 0.29) is 10.9 Å². The molecule has 0 radical (unpaired) electrons. The number of aromatic nitrogens is 1. The first-order valence-corrected chi connectivity index (χ1v) is 5.43. The molecule has 2 atom stereocenters. The van der Waals surface area contributed by atoms with Crippen molar-refractivity contribution in [2.24, 2.45) is 0 Å². The fraction of sp³-hybridized carbons (Fsp3) is 0.400. The highest BCUT2D eigenvalue weighted by molar-refractivity contribution is 8.00. The van der Waals surface area contributed by atoms with Gasteiger partial charge >= 0.3 is 5.97 Å². The van der Waals surface area contributed by atoms with Crippen molar-refractivity contribution in [1.29, 1.82) is 0 Å². The summed E-state index contributed by atoms with van der Waals surface area (Å²) in [6.07, 6.45) is 0.956. The predicted octanol–water partition coefficient (Wildman–Crippen LogP) is 1.64. The summed E-state index contributed by atoms with van der Waals surface area (Å²) in [6, 6.07) is 3.38. The van der Waals surface area contributed by atoms with E-state index < -0.39 is 12.1 Å². The Morgan fingerprint density at radius 2 is 2.20 bits per heavy atom. The molecular weight excluding hydrogens is 214 g/mol. The number of thioether (sulfide) groups is 1. The van der Waals surface area contributed by atoms with Crippen LogP contribution < -0.4 is 0 Å². The molecule has 0 spiro atoms. The van der Waals surface area contributed by atoms with Gasteiger partial charge in [0.15, 0.2) is 5.69 Å². The van der Waals surface area contributed by atoms with Gasteiger partial charge in [-0.1, -0.05) is 6.92 Å². The molecule has 1 aromatic rings. The second-order valence-corrected chi connectivity index (χ2v) is 4.64. The van der Waals surface area contributed by atoms with Crippen LogP contribution in [-0.2, 0) is 0 Å². The van der Waals surface area contributed by atoms with E-state index in [1.54, 1.807) is 19.1 Å². The van der Waals surface area contributed by atoms with Crippen LogP contribution in [0.2, 0.25) is 0 Å². The van der Waals surface area contributed by atoms with E-state index in [4.69, 9.17) is 5.11 Å². The number of carboxylic acids is 1. The van der Waals surface area contributed by atoms with Crippen molar-refractivity contribution < 1.29 is 15.0 Å². The smallest absolute Gasteiger partial charge is 0.355 e. The molecule has 82 valence electrons. The third-order valence-electron chi connectivity index (χ3n) is 1.97. The number of aliphatic hydroxyl groups excluding tert-OH is 1. The monoisotopic (exact) mass is 227 g/mol. The normalized spacial score (nSPS) is 14.6. The molecule has 1 heterocycles. The fourth-order valence-corrected chi connectivity index (χ4v) is 1.95. The molecule has 0 saturated carbocycles. The Balaban J connectivity index is 2.89. The third kappa shape index (κ3) is 3.21. The predicted molar refractivity (Wildman–Crippen MR) is 58.2 cm³/mol. The summed E-state index contributed by atoms with van der Waals surface area (Å²) in [5.74, 6) is -1.05. The van der Waals surface area contributed by atoms with Crippen molar-refractivity contribution in [3.05, 3.63) is 24.0 Å². The van der Waals surface area contributed by atoms with Crippen molar-refractivity contribution in [3.63, 3.8) is 0 Å². The van der Waals surface area contributed by atoms with Gasteiger partial charge in [0, 0.05) is 16.3 Å². The van der Waals surface area contributed by atoms with E-state index >= 15 is 0 Å². The van der Waals surface area contributed by atoms with E-state index in [2.05, 4.69) is 4.98 Å². The quantitative estimate of drug-likeness (QED) is 0.765. The van der Waals surface area contributed by atoms with Gasteiger partial charge in [-0.3, -0.25) is 0 Å². The average molecular weight is 227 g/mol. The van der Waals surface area contributed by atoms with Gasteiger partial charge < -0.3 is 10.2 Å². The van der Waals surface area contributed by atoms with Crippen LogP contribution in [0.25, 0.3) is 0 Å². The van der Waals surface area contributed by atoms with Crippen molar-refractivity contribution in [3.8, 4) is 0 Å². The molecular formula is C10H13NO3S. The number of hydrogen-bond acceptors (Lipinski definition) is 4. The molecule has 5 heteroatoms. The Morgan fingerprint density at radius 3 is 2.73 bits per heavy atom. The summed E-state index contributed by atoms with van der Waals surface area (Å²) in [6.45, 7) is 3.52. The molecule has 2 unspecified atom stereocenters. The number of pyridine rings is 1. The summed E-state index contributed by atoms with van der Waals surface area (Å²) in [5.41, 5.74) is 0.0370. The van der Waals surface area contributed by atoms with E-state index in [0.717, 1.165) is 0 Å². The first kappa shape index (κ1) is 12.0. The Hall–Kier alpha value is -1.07. The largest absolute Gasteiger partial charge is 0.476 e. The second kappa shape index (κ2) is 5.14. The van der Waals surface area contributed by atoms with Crippen LogP contribution in [-0.4, -0.2) is 32.5 Å².